The van der Waals surface area contributed by atoms with Crippen LogP contribution in [-0.2, 0) is 6.42 Å². The molecule has 1 aliphatic carbocycles. The average Bonchev–Trinajstić information content (AvgIpc) is 2.60. The van der Waals surface area contributed by atoms with Crippen LogP contribution in [0.4, 0.5) is 8.78 Å². The predicted octanol–water partition coefficient (Wildman–Crippen LogP) is 3.68. The number of benzene rings is 1. The SMILES string of the molecule is CNC1CCCCCC1Cc1cccc(F)c1F. The molecule has 1 aromatic carbocycles. The van der Waals surface area contributed by atoms with Crippen LogP contribution in [0.1, 0.15) is 37.7 Å². The molecule has 1 saturated carbocycles. The Morgan fingerprint density at radius 1 is 1.17 bits per heavy atom. The van der Waals surface area contributed by atoms with Crippen molar-refractivity contribution >= 4 is 0 Å². The van der Waals surface area contributed by atoms with E-state index in [-0.39, 0.29) is 0 Å². The summed E-state index contributed by atoms with van der Waals surface area (Å²) in [6.07, 6.45) is 6.54. The zero-order valence-electron chi connectivity index (χ0n) is 10.9. The van der Waals surface area contributed by atoms with E-state index in [1.54, 1.807) is 12.1 Å². The van der Waals surface area contributed by atoms with Crippen LogP contribution >= 0.6 is 0 Å². The Hall–Kier alpha value is -0.960. The Labute approximate surface area is 108 Å². The average molecular weight is 253 g/mol. The van der Waals surface area contributed by atoms with Crippen LogP contribution in [0.2, 0.25) is 0 Å². The lowest BCUT2D eigenvalue weighted by molar-refractivity contribution is 0.344. The molecule has 2 rings (SSSR count). The Morgan fingerprint density at radius 2 is 1.94 bits per heavy atom. The van der Waals surface area contributed by atoms with Crippen LogP contribution in [0.3, 0.4) is 0 Å². The minimum Gasteiger partial charge on any atom is -0.317 e. The van der Waals surface area contributed by atoms with E-state index < -0.39 is 11.6 Å². The normalized spacial score (nSPS) is 24.8. The number of rotatable bonds is 3. The van der Waals surface area contributed by atoms with Crippen LogP contribution < -0.4 is 5.32 Å². The van der Waals surface area contributed by atoms with Gasteiger partial charge in [0.25, 0.3) is 0 Å². The van der Waals surface area contributed by atoms with Crippen LogP contribution in [0.25, 0.3) is 0 Å². The van der Waals surface area contributed by atoms with Gasteiger partial charge in [-0.3, -0.25) is 0 Å². The van der Waals surface area contributed by atoms with E-state index in [9.17, 15) is 8.78 Å². The highest BCUT2D eigenvalue weighted by Crippen LogP contribution is 2.27. The van der Waals surface area contributed by atoms with Gasteiger partial charge < -0.3 is 5.32 Å². The largest absolute Gasteiger partial charge is 0.317 e. The second kappa shape index (κ2) is 6.28. The highest BCUT2D eigenvalue weighted by molar-refractivity contribution is 5.19. The summed E-state index contributed by atoms with van der Waals surface area (Å²) >= 11 is 0. The van der Waals surface area contributed by atoms with E-state index in [4.69, 9.17) is 0 Å². The van der Waals surface area contributed by atoms with E-state index in [2.05, 4.69) is 5.32 Å². The molecule has 0 aliphatic heterocycles. The molecule has 0 saturated heterocycles. The maximum atomic E-state index is 13.7. The first-order chi connectivity index (χ1) is 8.72. The molecule has 1 N–H and O–H groups in total. The van der Waals surface area contributed by atoms with Crippen LogP contribution in [0, 0.1) is 17.6 Å². The molecule has 1 aliphatic rings. The second-order valence-electron chi connectivity index (χ2n) is 5.21. The van der Waals surface area contributed by atoms with Crippen molar-refractivity contribution in [2.75, 3.05) is 7.05 Å². The van der Waals surface area contributed by atoms with Crippen molar-refractivity contribution < 1.29 is 8.78 Å². The van der Waals surface area contributed by atoms with Gasteiger partial charge in [0.05, 0.1) is 0 Å². The molecule has 0 aromatic heterocycles. The third-order valence-corrected chi connectivity index (χ3v) is 4.04. The quantitative estimate of drug-likeness (QED) is 0.810. The van der Waals surface area contributed by atoms with Gasteiger partial charge in [0.2, 0.25) is 0 Å². The number of hydrogen-bond acceptors (Lipinski definition) is 1. The van der Waals surface area contributed by atoms with Crippen LogP contribution in [-0.4, -0.2) is 13.1 Å². The zero-order chi connectivity index (χ0) is 13.0. The van der Waals surface area contributed by atoms with Crippen molar-refractivity contribution in [3.8, 4) is 0 Å². The zero-order valence-corrected chi connectivity index (χ0v) is 10.9. The number of hydrogen-bond donors (Lipinski definition) is 1. The summed E-state index contributed by atoms with van der Waals surface area (Å²) < 4.78 is 26.9. The van der Waals surface area contributed by atoms with Gasteiger partial charge in [-0.2, -0.15) is 0 Å². The molecule has 0 bridgehead atoms. The van der Waals surface area contributed by atoms with E-state index in [0.29, 0.717) is 23.9 Å². The third-order valence-electron chi connectivity index (χ3n) is 4.04. The van der Waals surface area contributed by atoms with E-state index >= 15 is 0 Å². The first kappa shape index (κ1) is 13.5. The highest BCUT2D eigenvalue weighted by atomic mass is 19.2. The Bertz CT molecular complexity index is 392. The summed E-state index contributed by atoms with van der Waals surface area (Å²) in [7, 11) is 1.96. The molecule has 1 nitrogen and oxygen atoms in total. The molecule has 0 radical (unpaired) electrons. The molecular weight excluding hydrogens is 232 g/mol. The Morgan fingerprint density at radius 3 is 2.72 bits per heavy atom. The van der Waals surface area contributed by atoms with Crippen molar-refractivity contribution in [3.05, 3.63) is 35.4 Å². The highest BCUT2D eigenvalue weighted by Gasteiger charge is 2.24. The minimum atomic E-state index is -0.734. The molecule has 2 unspecified atom stereocenters. The Kier molecular flexibility index (Phi) is 4.70. The lowest BCUT2D eigenvalue weighted by Crippen LogP contribution is -2.34. The smallest absolute Gasteiger partial charge is 0.162 e. The summed E-state index contributed by atoms with van der Waals surface area (Å²) in [5, 5.41) is 3.33. The summed E-state index contributed by atoms with van der Waals surface area (Å²) in [6.45, 7) is 0. The first-order valence-electron chi connectivity index (χ1n) is 6.82. The van der Waals surface area contributed by atoms with Gasteiger partial charge in [-0.15, -0.1) is 0 Å². The molecule has 1 aromatic rings. The fourth-order valence-corrected chi connectivity index (χ4v) is 3.00. The number of halogens is 2. The lowest BCUT2D eigenvalue weighted by Gasteiger charge is -2.25. The van der Waals surface area contributed by atoms with Gasteiger partial charge in [-0.1, -0.05) is 31.4 Å². The van der Waals surface area contributed by atoms with Gasteiger partial charge in [0, 0.05) is 6.04 Å². The van der Waals surface area contributed by atoms with Crippen molar-refractivity contribution in [1.29, 1.82) is 0 Å². The van der Waals surface area contributed by atoms with Gasteiger partial charge in [-0.25, -0.2) is 8.78 Å². The molecule has 0 amide bonds. The molecule has 100 valence electrons. The molecular formula is C15H21F2N. The summed E-state index contributed by atoms with van der Waals surface area (Å²) in [6, 6.07) is 4.91. The van der Waals surface area contributed by atoms with Gasteiger partial charge in [0.15, 0.2) is 11.6 Å². The molecule has 18 heavy (non-hydrogen) atoms. The van der Waals surface area contributed by atoms with E-state index in [1.807, 2.05) is 7.05 Å². The van der Waals surface area contributed by atoms with Crippen LogP contribution in [0.15, 0.2) is 18.2 Å². The molecule has 1 fully saturated rings. The van der Waals surface area contributed by atoms with Gasteiger partial charge >= 0.3 is 0 Å². The minimum absolute atomic E-state index is 0.411. The fourth-order valence-electron chi connectivity index (χ4n) is 3.00. The van der Waals surface area contributed by atoms with Gasteiger partial charge in [-0.05, 0) is 43.9 Å². The van der Waals surface area contributed by atoms with Crippen molar-refractivity contribution in [3.63, 3.8) is 0 Å². The predicted molar refractivity (Wildman–Crippen MR) is 69.5 cm³/mol. The standard InChI is InChI=1S/C15H21F2N/c1-18-14-9-4-2-3-6-11(14)10-12-7-5-8-13(16)15(12)17/h5,7-8,11,14,18H,2-4,6,9-10H2,1H3. The van der Waals surface area contributed by atoms with Crippen molar-refractivity contribution in [2.24, 2.45) is 5.92 Å². The van der Waals surface area contributed by atoms with E-state index in [0.717, 1.165) is 12.8 Å². The number of nitrogens with one attached hydrogen (secondary N) is 1. The summed E-state index contributed by atoms with van der Waals surface area (Å²) in [5.41, 5.74) is 0.516. The topological polar surface area (TPSA) is 12.0 Å². The third kappa shape index (κ3) is 3.08. The molecule has 2 atom stereocenters. The second-order valence-corrected chi connectivity index (χ2v) is 5.21. The maximum Gasteiger partial charge on any atom is 0.162 e. The molecule has 0 heterocycles. The maximum absolute atomic E-state index is 13.7. The summed E-state index contributed by atoms with van der Waals surface area (Å²) in [4.78, 5) is 0. The lowest BCUT2D eigenvalue weighted by atomic mass is 9.88. The van der Waals surface area contributed by atoms with Crippen LogP contribution in [0.5, 0.6) is 0 Å². The van der Waals surface area contributed by atoms with Crippen molar-refractivity contribution in [2.45, 2.75) is 44.6 Å². The van der Waals surface area contributed by atoms with E-state index in [1.165, 1.54) is 25.3 Å². The summed E-state index contributed by atoms with van der Waals surface area (Å²) in [5.74, 6) is -0.993. The molecule has 3 heteroatoms. The molecule has 0 spiro atoms. The van der Waals surface area contributed by atoms with Crippen molar-refractivity contribution in [1.82, 2.24) is 5.32 Å². The first-order valence-corrected chi connectivity index (χ1v) is 6.82. The monoisotopic (exact) mass is 253 g/mol. The van der Waals surface area contributed by atoms with Gasteiger partial charge in [0.1, 0.15) is 0 Å². The Balaban J connectivity index is 2.12. The fraction of sp³-hybridized carbons (Fsp3) is 0.600.